The smallest absolute Gasteiger partial charge is 0.434 e. The van der Waals surface area contributed by atoms with Gasteiger partial charge in [0.15, 0.2) is 16.5 Å². The van der Waals surface area contributed by atoms with E-state index in [4.69, 9.17) is 16.3 Å². The van der Waals surface area contributed by atoms with Gasteiger partial charge in [-0.1, -0.05) is 11.6 Å². The van der Waals surface area contributed by atoms with E-state index in [2.05, 4.69) is 15.0 Å². The average Bonchev–Trinajstić information content (AvgIpc) is 2.77. The number of hydrogen-bond donors (Lipinski definition) is 0. The summed E-state index contributed by atoms with van der Waals surface area (Å²) in [6.45, 7) is 0. The van der Waals surface area contributed by atoms with Crippen molar-refractivity contribution >= 4 is 22.9 Å². The molecule has 0 atom stereocenters. The van der Waals surface area contributed by atoms with Crippen molar-refractivity contribution in [1.29, 1.82) is 0 Å². The molecule has 0 saturated heterocycles. The molecule has 4 nitrogen and oxygen atoms in total. The first-order valence-electron chi connectivity index (χ1n) is 4.52. The van der Waals surface area contributed by atoms with E-state index in [-0.39, 0.29) is 21.9 Å². The number of thiazole rings is 1. The molecule has 0 aromatic carbocycles. The second-order valence-electron chi connectivity index (χ2n) is 3.09. The Balaban J connectivity index is 2.43. The maximum absolute atomic E-state index is 12.4. The van der Waals surface area contributed by atoms with Gasteiger partial charge in [0.1, 0.15) is 5.15 Å². The van der Waals surface area contributed by atoms with E-state index in [1.54, 1.807) is 0 Å². The van der Waals surface area contributed by atoms with E-state index in [0.29, 0.717) is 0 Å². The first kappa shape index (κ1) is 13.0. The number of methoxy groups -OCH3 is 1. The highest BCUT2D eigenvalue weighted by atomic mass is 35.5. The van der Waals surface area contributed by atoms with Crippen LogP contribution in [0, 0.1) is 0 Å². The Hall–Kier alpha value is -1.41. The quantitative estimate of drug-likeness (QED) is 0.798. The zero-order valence-corrected chi connectivity index (χ0v) is 10.4. The molecule has 2 rings (SSSR count). The van der Waals surface area contributed by atoms with Crippen LogP contribution in [0.1, 0.15) is 5.69 Å². The van der Waals surface area contributed by atoms with Gasteiger partial charge in [0.05, 0.1) is 7.11 Å². The predicted octanol–water partition coefficient (Wildman–Crippen LogP) is 3.28. The summed E-state index contributed by atoms with van der Waals surface area (Å²) in [7, 11) is 1.37. The fraction of sp³-hybridized carbons (Fsp3) is 0.222. The van der Waals surface area contributed by atoms with Crippen LogP contribution in [0.25, 0.3) is 10.8 Å². The summed E-state index contributed by atoms with van der Waals surface area (Å²) in [6, 6.07) is 1.35. The van der Waals surface area contributed by atoms with E-state index in [1.165, 1.54) is 13.2 Å². The van der Waals surface area contributed by atoms with Gasteiger partial charge >= 0.3 is 6.18 Å². The molecule has 2 aromatic rings. The van der Waals surface area contributed by atoms with Crippen molar-refractivity contribution in [2.24, 2.45) is 0 Å². The maximum atomic E-state index is 12.4. The first-order valence-corrected chi connectivity index (χ1v) is 5.77. The second kappa shape index (κ2) is 4.69. The molecular formula is C9H5ClF3N3OS. The Bertz CT molecular complexity index is 572. The SMILES string of the molecule is COc1cc(Cl)nc(-c2nc(C(F)(F)F)cs2)n1. The fourth-order valence-corrected chi connectivity index (χ4v) is 2.03. The monoisotopic (exact) mass is 295 g/mol. The first-order chi connectivity index (χ1) is 8.40. The van der Waals surface area contributed by atoms with Gasteiger partial charge < -0.3 is 4.74 Å². The summed E-state index contributed by atoms with van der Waals surface area (Å²) < 4.78 is 42.0. The molecule has 0 spiro atoms. The van der Waals surface area contributed by atoms with Crippen molar-refractivity contribution in [2.75, 3.05) is 7.11 Å². The number of rotatable bonds is 2. The van der Waals surface area contributed by atoms with Crippen molar-refractivity contribution in [3.8, 4) is 16.7 Å². The number of alkyl halides is 3. The summed E-state index contributed by atoms with van der Waals surface area (Å²) in [4.78, 5) is 11.1. The average molecular weight is 296 g/mol. The van der Waals surface area contributed by atoms with Crippen LogP contribution in [-0.4, -0.2) is 22.1 Å². The lowest BCUT2D eigenvalue weighted by atomic mass is 10.5. The topological polar surface area (TPSA) is 47.9 Å². The Labute approximate surface area is 108 Å². The van der Waals surface area contributed by atoms with E-state index in [0.717, 1.165) is 16.7 Å². The molecule has 0 aliphatic rings. The molecule has 0 fully saturated rings. The summed E-state index contributed by atoms with van der Waals surface area (Å²) >= 11 is 6.49. The molecule has 96 valence electrons. The molecule has 0 aliphatic carbocycles. The van der Waals surface area contributed by atoms with Gasteiger partial charge in [0.2, 0.25) is 5.88 Å². The third-order valence-electron chi connectivity index (χ3n) is 1.87. The van der Waals surface area contributed by atoms with Crippen molar-refractivity contribution in [3.05, 3.63) is 22.3 Å². The van der Waals surface area contributed by atoms with E-state index < -0.39 is 11.9 Å². The van der Waals surface area contributed by atoms with Gasteiger partial charge in [-0.2, -0.15) is 18.2 Å². The molecule has 2 aromatic heterocycles. The highest BCUT2D eigenvalue weighted by molar-refractivity contribution is 7.13. The minimum Gasteiger partial charge on any atom is -0.481 e. The Morgan fingerprint density at radius 1 is 1.28 bits per heavy atom. The summed E-state index contributed by atoms with van der Waals surface area (Å²) in [5.74, 6) is 0.161. The van der Waals surface area contributed by atoms with Crippen LogP contribution in [0.5, 0.6) is 5.88 Å². The lowest BCUT2D eigenvalue weighted by Crippen LogP contribution is -2.05. The van der Waals surface area contributed by atoms with Gasteiger partial charge in [-0.25, -0.2) is 9.97 Å². The standard InChI is InChI=1S/C9H5ClF3N3OS/c1-17-6-2-5(10)15-7(16-6)8-14-4(3-18-8)9(11,12)13/h2-3H,1H3. The van der Waals surface area contributed by atoms with E-state index in [9.17, 15) is 13.2 Å². The molecule has 18 heavy (non-hydrogen) atoms. The number of nitrogens with zero attached hydrogens (tertiary/aromatic N) is 3. The van der Waals surface area contributed by atoms with Gasteiger partial charge in [0.25, 0.3) is 0 Å². The van der Waals surface area contributed by atoms with Crippen LogP contribution >= 0.6 is 22.9 Å². The number of aromatic nitrogens is 3. The largest absolute Gasteiger partial charge is 0.481 e. The number of hydrogen-bond acceptors (Lipinski definition) is 5. The molecule has 2 heterocycles. The molecule has 0 N–H and O–H groups in total. The molecule has 0 amide bonds. The van der Waals surface area contributed by atoms with Crippen molar-refractivity contribution in [1.82, 2.24) is 15.0 Å². The molecule has 0 aliphatic heterocycles. The second-order valence-corrected chi connectivity index (χ2v) is 4.34. The van der Waals surface area contributed by atoms with E-state index in [1.807, 2.05) is 0 Å². The highest BCUT2D eigenvalue weighted by Gasteiger charge is 2.34. The minimum atomic E-state index is -4.49. The van der Waals surface area contributed by atoms with Crippen LogP contribution in [0.2, 0.25) is 5.15 Å². The lowest BCUT2D eigenvalue weighted by Gasteiger charge is -2.02. The molecule has 0 bridgehead atoms. The molecule has 0 saturated carbocycles. The zero-order chi connectivity index (χ0) is 13.3. The molecule has 0 radical (unpaired) electrons. The van der Waals surface area contributed by atoms with Crippen LogP contribution < -0.4 is 4.74 Å². The van der Waals surface area contributed by atoms with Crippen LogP contribution in [0.3, 0.4) is 0 Å². The number of ether oxygens (including phenoxy) is 1. The van der Waals surface area contributed by atoms with Crippen molar-refractivity contribution in [2.45, 2.75) is 6.18 Å². The summed E-state index contributed by atoms with van der Waals surface area (Å²) in [6.07, 6.45) is -4.49. The maximum Gasteiger partial charge on any atom is 0.434 e. The lowest BCUT2D eigenvalue weighted by molar-refractivity contribution is -0.140. The molecular weight excluding hydrogens is 291 g/mol. The fourth-order valence-electron chi connectivity index (χ4n) is 1.10. The Morgan fingerprint density at radius 2 is 2.00 bits per heavy atom. The van der Waals surface area contributed by atoms with Crippen LogP contribution in [0.4, 0.5) is 13.2 Å². The Kier molecular flexibility index (Phi) is 3.40. The minimum absolute atomic E-state index is 0.000139. The third kappa shape index (κ3) is 2.70. The van der Waals surface area contributed by atoms with Crippen LogP contribution in [-0.2, 0) is 6.18 Å². The van der Waals surface area contributed by atoms with Gasteiger partial charge in [-0.15, -0.1) is 11.3 Å². The number of halogens is 4. The summed E-state index contributed by atoms with van der Waals surface area (Å²) in [5.41, 5.74) is -0.981. The predicted molar refractivity (Wildman–Crippen MR) is 59.7 cm³/mol. The third-order valence-corrected chi connectivity index (χ3v) is 2.90. The summed E-state index contributed by atoms with van der Waals surface area (Å²) in [5, 5.41) is 0.996. The molecule has 0 unspecified atom stereocenters. The highest BCUT2D eigenvalue weighted by Crippen LogP contribution is 2.33. The van der Waals surface area contributed by atoms with Gasteiger partial charge in [-0.05, 0) is 0 Å². The van der Waals surface area contributed by atoms with Gasteiger partial charge in [-0.3, -0.25) is 0 Å². The zero-order valence-electron chi connectivity index (χ0n) is 8.82. The van der Waals surface area contributed by atoms with E-state index >= 15 is 0 Å². The van der Waals surface area contributed by atoms with Crippen molar-refractivity contribution < 1.29 is 17.9 Å². The van der Waals surface area contributed by atoms with Gasteiger partial charge in [0, 0.05) is 11.4 Å². The Morgan fingerprint density at radius 3 is 2.56 bits per heavy atom. The van der Waals surface area contributed by atoms with Crippen molar-refractivity contribution in [3.63, 3.8) is 0 Å². The molecule has 9 heteroatoms. The van der Waals surface area contributed by atoms with Crippen LogP contribution in [0.15, 0.2) is 11.4 Å². The normalized spacial score (nSPS) is 11.6.